The van der Waals surface area contributed by atoms with Crippen molar-refractivity contribution in [3.8, 4) is 0 Å². The molecule has 2 aromatic rings. The first-order valence-corrected chi connectivity index (χ1v) is 6.49. The highest BCUT2D eigenvalue weighted by atomic mass is 16.3. The molecule has 0 saturated carbocycles. The molecular weight excluding hydrogens is 238 g/mol. The van der Waals surface area contributed by atoms with Gasteiger partial charge in [-0.3, -0.25) is 4.79 Å². The Morgan fingerprint density at radius 3 is 2.32 bits per heavy atom. The Balaban J connectivity index is 2.06. The van der Waals surface area contributed by atoms with Gasteiger partial charge in [0.25, 0.3) is 5.91 Å². The minimum atomic E-state index is -0.00850. The normalized spacial score (nSPS) is 10.5. The number of aryl methyl sites for hydroxylation is 2. The molecule has 19 heavy (non-hydrogen) atoms. The van der Waals surface area contributed by atoms with Gasteiger partial charge in [-0.15, -0.1) is 0 Å². The monoisotopic (exact) mass is 257 g/mol. The van der Waals surface area contributed by atoms with Gasteiger partial charge in [0.05, 0.1) is 11.8 Å². The maximum Gasteiger partial charge on any atom is 0.257 e. The third kappa shape index (κ3) is 3.05. The molecule has 2 rings (SSSR count). The number of benzene rings is 1. The van der Waals surface area contributed by atoms with Crippen LogP contribution >= 0.6 is 0 Å². The van der Waals surface area contributed by atoms with Crippen molar-refractivity contribution < 1.29 is 9.21 Å². The molecule has 0 spiro atoms. The second kappa shape index (κ2) is 5.74. The van der Waals surface area contributed by atoms with Crippen LogP contribution in [0.1, 0.15) is 34.2 Å². The van der Waals surface area contributed by atoms with Crippen LogP contribution in [-0.4, -0.2) is 17.9 Å². The highest BCUT2D eigenvalue weighted by Crippen LogP contribution is 2.14. The lowest BCUT2D eigenvalue weighted by Gasteiger charge is -2.17. The van der Waals surface area contributed by atoms with E-state index in [2.05, 4.69) is 31.2 Å². The number of carbonyl (C=O) groups excluding carboxylic acids is 1. The Morgan fingerprint density at radius 2 is 1.79 bits per heavy atom. The molecule has 0 N–H and O–H groups in total. The number of rotatable bonds is 4. The summed E-state index contributed by atoms with van der Waals surface area (Å²) < 4.78 is 5.17. The number of carbonyl (C=O) groups is 1. The Labute approximate surface area is 113 Å². The summed E-state index contributed by atoms with van der Waals surface area (Å²) in [4.78, 5) is 13.9. The van der Waals surface area contributed by atoms with Crippen molar-refractivity contribution in [3.05, 3.63) is 59.0 Å². The molecule has 1 aromatic heterocycles. The molecule has 0 aliphatic carbocycles. The van der Waals surface area contributed by atoms with Gasteiger partial charge < -0.3 is 9.32 Å². The lowest BCUT2D eigenvalue weighted by Crippen LogP contribution is -2.26. The molecule has 0 saturated heterocycles. The second-order valence-electron chi connectivity index (χ2n) is 4.72. The molecule has 1 aromatic carbocycles. The lowest BCUT2D eigenvalue weighted by atomic mass is 10.1. The third-order valence-corrected chi connectivity index (χ3v) is 3.29. The molecule has 0 bridgehead atoms. The Bertz CT molecular complexity index is 554. The van der Waals surface area contributed by atoms with Crippen LogP contribution in [0.4, 0.5) is 0 Å². The Hall–Kier alpha value is -2.03. The fraction of sp³-hybridized carbons (Fsp3) is 0.312. The average Bonchev–Trinajstić information content (AvgIpc) is 2.85. The number of hydrogen-bond donors (Lipinski definition) is 0. The molecule has 0 radical (unpaired) electrons. The van der Waals surface area contributed by atoms with Gasteiger partial charge in [-0.2, -0.15) is 0 Å². The molecule has 3 nitrogen and oxygen atoms in total. The van der Waals surface area contributed by atoms with Gasteiger partial charge in [0.2, 0.25) is 0 Å². The number of nitrogens with zero attached hydrogens (tertiary/aromatic N) is 1. The summed E-state index contributed by atoms with van der Waals surface area (Å²) in [6.45, 7) is 4.54. The lowest BCUT2D eigenvalue weighted by molar-refractivity contribution is 0.0783. The van der Waals surface area contributed by atoms with E-state index >= 15 is 0 Å². The van der Waals surface area contributed by atoms with Crippen LogP contribution in [0.5, 0.6) is 0 Å². The quantitative estimate of drug-likeness (QED) is 0.840. The zero-order chi connectivity index (χ0) is 13.8. The van der Waals surface area contributed by atoms with Gasteiger partial charge in [0, 0.05) is 13.6 Å². The van der Waals surface area contributed by atoms with Crippen molar-refractivity contribution in [3.63, 3.8) is 0 Å². The minimum absolute atomic E-state index is 0.00850. The first kappa shape index (κ1) is 13.4. The first-order chi connectivity index (χ1) is 9.11. The van der Waals surface area contributed by atoms with Crippen LogP contribution in [0.15, 0.2) is 41.0 Å². The van der Waals surface area contributed by atoms with Crippen molar-refractivity contribution in [1.29, 1.82) is 0 Å². The van der Waals surface area contributed by atoms with Gasteiger partial charge in [0.1, 0.15) is 5.76 Å². The molecule has 0 aliphatic heterocycles. The van der Waals surface area contributed by atoms with E-state index in [0.717, 1.165) is 12.0 Å². The van der Waals surface area contributed by atoms with Gasteiger partial charge in [-0.25, -0.2) is 0 Å². The van der Waals surface area contributed by atoms with E-state index in [1.165, 1.54) is 5.56 Å². The molecule has 100 valence electrons. The number of amides is 1. The summed E-state index contributed by atoms with van der Waals surface area (Å²) in [5.41, 5.74) is 3.07. The van der Waals surface area contributed by atoms with E-state index in [4.69, 9.17) is 4.42 Å². The van der Waals surface area contributed by atoms with E-state index in [-0.39, 0.29) is 5.91 Å². The first-order valence-electron chi connectivity index (χ1n) is 6.49. The van der Waals surface area contributed by atoms with Crippen molar-refractivity contribution >= 4 is 5.91 Å². The standard InChI is InChI=1S/C16H19NO2/c1-4-13-5-7-14(8-6-13)11-17(3)16(18)15-9-10-19-12(15)2/h5-10H,4,11H2,1-3H3. The van der Waals surface area contributed by atoms with E-state index in [0.29, 0.717) is 17.9 Å². The van der Waals surface area contributed by atoms with Crippen LogP contribution in [0, 0.1) is 6.92 Å². The summed E-state index contributed by atoms with van der Waals surface area (Å²) in [5.74, 6) is 0.656. The fourth-order valence-corrected chi connectivity index (χ4v) is 2.04. The highest BCUT2D eigenvalue weighted by molar-refractivity contribution is 5.94. The van der Waals surface area contributed by atoms with Crippen molar-refractivity contribution in [2.45, 2.75) is 26.8 Å². The van der Waals surface area contributed by atoms with Gasteiger partial charge in [-0.05, 0) is 30.5 Å². The van der Waals surface area contributed by atoms with Crippen LogP contribution in [-0.2, 0) is 13.0 Å². The summed E-state index contributed by atoms with van der Waals surface area (Å²) in [6.07, 6.45) is 2.58. The van der Waals surface area contributed by atoms with Crippen molar-refractivity contribution in [2.24, 2.45) is 0 Å². The van der Waals surface area contributed by atoms with E-state index in [1.54, 1.807) is 24.2 Å². The minimum Gasteiger partial charge on any atom is -0.469 e. The van der Waals surface area contributed by atoms with E-state index < -0.39 is 0 Å². The van der Waals surface area contributed by atoms with Crippen LogP contribution in [0.2, 0.25) is 0 Å². The zero-order valence-corrected chi connectivity index (χ0v) is 11.6. The molecule has 0 aliphatic rings. The molecule has 1 amide bonds. The van der Waals surface area contributed by atoms with E-state index in [9.17, 15) is 4.79 Å². The van der Waals surface area contributed by atoms with Gasteiger partial charge in [0.15, 0.2) is 0 Å². The molecular formula is C16H19NO2. The van der Waals surface area contributed by atoms with E-state index in [1.807, 2.05) is 7.05 Å². The maximum atomic E-state index is 12.2. The molecule has 0 fully saturated rings. The Morgan fingerprint density at radius 1 is 1.16 bits per heavy atom. The maximum absolute atomic E-state index is 12.2. The SMILES string of the molecule is CCc1ccc(CN(C)C(=O)c2ccoc2C)cc1. The summed E-state index contributed by atoms with van der Waals surface area (Å²) >= 11 is 0. The van der Waals surface area contributed by atoms with Gasteiger partial charge in [-0.1, -0.05) is 31.2 Å². The molecule has 3 heteroatoms. The third-order valence-electron chi connectivity index (χ3n) is 3.29. The zero-order valence-electron chi connectivity index (χ0n) is 11.6. The molecule has 1 heterocycles. The highest BCUT2D eigenvalue weighted by Gasteiger charge is 2.16. The fourth-order valence-electron chi connectivity index (χ4n) is 2.04. The van der Waals surface area contributed by atoms with Crippen LogP contribution < -0.4 is 0 Å². The van der Waals surface area contributed by atoms with Crippen molar-refractivity contribution in [1.82, 2.24) is 4.90 Å². The second-order valence-corrected chi connectivity index (χ2v) is 4.72. The molecule has 0 atom stereocenters. The Kier molecular flexibility index (Phi) is 4.05. The number of hydrogen-bond acceptors (Lipinski definition) is 2. The van der Waals surface area contributed by atoms with Crippen molar-refractivity contribution in [2.75, 3.05) is 7.05 Å². The predicted octanol–water partition coefficient (Wildman–Crippen LogP) is 3.42. The smallest absolute Gasteiger partial charge is 0.257 e. The summed E-state index contributed by atoms with van der Waals surface area (Å²) in [7, 11) is 1.81. The average molecular weight is 257 g/mol. The predicted molar refractivity (Wildman–Crippen MR) is 75.1 cm³/mol. The molecule has 0 unspecified atom stereocenters. The topological polar surface area (TPSA) is 33.5 Å². The largest absolute Gasteiger partial charge is 0.469 e. The number of furan rings is 1. The van der Waals surface area contributed by atoms with Crippen LogP contribution in [0.25, 0.3) is 0 Å². The van der Waals surface area contributed by atoms with Crippen LogP contribution in [0.3, 0.4) is 0 Å². The summed E-state index contributed by atoms with van der Waals surface area (Å²) in [5, 5.41) is 0. The van der Waals surface area contributed by atoms with Gasteiger partial charge >= 0.3 is 0 Å². The summed E-state index contributed by atoms with van der Waals surface area (Å²) in [6, 6.07) is 10.1.